The van der Waals surface area contributed by atoms with Crippen molar-refractivity contribution in [2.24, 2.45) is 0 Å². The number of anilines is 2. The first-order valence-electron chi connectivity index (χ1n) is 10.2. The van der Waals surface area contributed by atoms with E-state index < -0.39 is 0 Å². The molecule has 1 saturated heterocycles. The summed E-state index contributed by atoms with van der Waals surface area (Å²) in [6.45, 7) is 1.84. The van der Waals surface area contributed by atoms with Gasteiger partial charge in [0.05, 0.1) is 11.3 Å². The largest absolute Gasteiger partial charge is 0.356 e. The molecular weight excluding hydrogens is 374 g/mol. The van der Waals surface area contributed by atoms with E-state index in [-0.39, 0.29) is 11.6 Å². The van der Waals surface area contributed by atoms with Crippen LogP contribution in [0.4, 0.5) is 11.5 Å². The number of para-hydroxylation sites is 1. The van der Waals surface area contributed by atoms with E-state index in [4.69, 9.17) is 4.98 Å². The van der Waals surface area contributed by atoms with Crippen molar-refractivity contribution in [1.82, 2.24) is 9.97 Å². The Balaban J connectivity index is 1.71. The summed E-state index contributed by atoms with van der Waals surface area (Å²) < 4.78 is 0. The Morgan fingerprint density at radius 3 is 2.37 bits per heavy atom. The zero-order chi connectivity index (χ0) is 20.8. The molecule has 0 aliphatic carbocycles. The zero-order valence-electron chi connectivity index (χ0n) is 16.7. The summed E-state index contributed by atoms with van der Waals surface area (Å²) in [4.78, 5) is 24.6. The highest BCUT2D eigenvalue weighted by Crippen LogP contribution is 2.24. The molecule has 30 heavy (non-hydrogen) atoms. The second kappa shape index (κ2) is 9.19. The molecule has 1 fully saturated rings. The highest BCUT2D eigenvalue weighted by molar-refractivity contribution is 6.04. The number of aromatic nitrogens is 2. The van der Waals surface area contributed by atoms with Crippen LogP contribution in [0.1, 0.15) is 41.7 Å². The Labute approximate surface area is 176 Å². The molecule has 1 N–H and O–H groups in total. The molecule has 0 spiro atoms. The van der Waals surface area contributed by atoms with Crippen LogP contribution in [0.5, 0.6) is 0 Å². The third-order valence-corrected chi connectivity index (χ3v) is 5.20. The van der Waals surface area contributed by atoms with Crippen LogP contribution in [0.25, 0.3) is 11.4 Å². The molecule has 6 heteroatoms. The highest BCUT2D eigenvalue weighted by atomic mass is 16.1. The Morgan fingerprint density at radius 1 is 0.933 bits per heavy atom. The molecule has 4 rings (SSSR count). The second-order valence-corrected chi connectivity index (χ2v) is 7.31. The van der Waals surface area contributed by atoms with E-state index in [9.17, 15) is 10.1 Å². The summed E-state index contributed by atoms with van der Waals surface area (Å²) in [7, 11) is 0. The predicted molar refractivity (Wildman–Crippen MR) is 117 cm³/mol. The summed E-state index contributed by atoms with van der Waals surface area (Å²) in [5.74, 6) is 0.939. The van der Waals surface area contributed by atoms with E-state index in [2.05, 4.69) is 21.3 Å². The lowest BCUT2D eigenvalue weighted by Crippen LogP contribution is -2.26. The van der Waals surface area contributed by atoms with Crippen LogP contribution in [0.3, 0.4) is 0 Å². The van der Waals surface area contributed by atoms with E-state index >= 15 is 0 Å². The summed E-state index contributed by atoms with van der Waals surface area (Å²) >= 11 is 0. The van der Waals surface area contributed by atoms with Crippen LogP contribution < -0.4 is 10.2 Å². The Hall–Kier alpha value is -3.72. The standard InChI is InChI=1S/C24H23N5O/c25-17-19-12-6-7-13-20(19)27-24(30)21-16-22(29-14-8-1-2-9-15-29)28-23(26-21)18-10-4-3-5-11-18/h3-7,10-13,16H,1-2,8-9,14-15H2,(H,27,30). The Morgan fingerprint density at radius 2 is 1.63 bits per heavy atom. The quantitative estimate of drug-likeness (QED) is 0.693. The molecule has 1 aliphatic heterocycles. The number of nitriles is 1. The number of nitrogens with one attached hydrogen (secondary N) is 1. The third-order valence-electron chi connectivity index (χ3n) is 5.20. The number of hydrogen-bond acceptors (Lipinski definition) is 5. The first-order chi connectivity index (χ1) is 14.7. The molecule has 0 saturated carbocycles. The van der Waals surface area contributed by atoms with Gasteiger partial charge >= 0.3 is 0 Å². The number of benzene rings is 2. The number of carbonyl (C=O) groups excluding carboxylic acids is 1. The normalized spacial score (nSPS) is 13.9. The number of rotatable bonds is 4. The molecule has 6 nitrogen and oxygen atoms in total. The lowest BCUT2D eigenvalue weighted by molar-refractivity contribution is 0.102. The van der Waals surface area contributed by atoms with Crippen LogP contribution in [0.15, 0.2) is 60.7 Å². The molecule has 0 radical (unpaired) electrons. The zero-order valence-corrected chi connectivity index (χ0v) is 16.7. The van der Waals surface area contributed by atoms with E-state index in [1.54, 1.807) is 30.3 Å². The molecule has 0 atom stereocenters. The van der Waals surface area contributed by atoms with Gasteiger partial charge in [-0.05, 0) is 25.0 Å². The molecule has 2 heterocycles. The maximum absolute atomic E-state index is 13.0. The molecule has 1 amide bonds. The maximum Gasteiger partial charge on any atom is 0.274 e. The monoisotopic (exact) mass is 397 g/mol. The first-order valence-corrected chi connectivity index (χ1v) is 10.2. The van der Waals surface area contributed by atoms with Gasteiger partial charge in [-0.15, -0.1) is 0 Å². The summed E-state index contributed by atoms with van der Waals surface area (Å²) in [5, 5.41) is 12.1. The maximum atomic E-state index is 13.0. The van der Waals surface area contributed by atoms with Gasteiger partial charge in [-0.1, -0.05) is 55.3 Å². The van der Waals surface area contributed by atoms with E-state index in [1.165, 1.54) is 12.8 Å². The molecule has 0 bridgehead atoms. The molecular formula is C24H23N5O. The van der Waals surface area contributed by atoms with Crippen molar-refractivity contribution in [3.05, 3.63) is 71.9 Å². The van der Waals surface area contributed by atoms with Crippen molar-refractivity contribution in [2.75, 3.05) is 23.3 Å². The van der Waals surface area contributed by atoms with Gasteiger partial charge in [0.25, 0.3) is 5.91 Å². The van der Waals surface area contributed by atoms with Crippen LogP contribution in [-0.4, -0.2) is 29.0 Å². The van der Waals surface area contributed by atoms with Crippen molar-refractivity contribution in [3.8, 4) is 17.5 Å². The van der Waals surface area contributed by atoms with Gasteiger partial charge in [0, 0.05) is 24.7 Å². The van der Waals surface area contributed by atoms with Crippen LogP contribution in [0, 0.1) is 11.3 Å². The average Bonchev–Trinajstić information content (AvgIpc) is 3.09. The minimum Gasteiger partial charge on any atom is -0.356 e. The topological polar surface area (TPSA) is 81.9 Å². The third kappa shape index (κ3) is 4.47. The molecule has 3 aromatic rings. The van der Waals surface area contributed by atoms with Gasteiger partial charge in [0.2, 0.25) is 0 Å². The predicted octanol–water partition coefficient (Wildman–Crippen LogP) is 4.65. The first kappa shape index (κ1) is 19.6. The fraction of sp³-hybridized carbons (Fsp3) is 0.250. The van der Waals surface area contributed by atoms with Gasteiger partial charge in [-0.25, -0.2) is 9.97 Å². The number of hydrogen-bond donors (Lipinski definition) is 1. The van der Waals surface area contributed by atoms with Gasteiger partial charge in [0.15, 0.2) is 5.82 Å². The van der Waals surface area contributed by atoms with Gasteiger partial charge < -0.3 is 10.2 Å². The number of nitrogens with zero attached hydrogens (tertiary/aromatic N) is 4. The van der Waals surface area contributed by atoms with Gasteiger partial charge in [-0.3, -0.25) is 4.79 Å². The van der Waals surface area contributed by atoms with Gasteiger partial charge in [-0.2, -0.15) is 5.26 Å². The number of carbonyl (C=O) groups is 1. The second-order valence-electron chi connectivity index (χ2n) is 7.31. The van der Waals surface area contributed by atoms with Crippen LogP contribution in [0.2, 0.25) is 0 Å². The summed E-state index contributed by atoms with van der Waals surface area (Å²) in [6, 6.07) is 20.5. The van der Waals surface area contributed by atoms with Crippen molar-refractivity contribution in [3.63, 3.8) is 0 Å². The number of amides is 1. The van der Waals surface area contributed by atoms with Crippen molar-refractivity contribution >= 4 is 17.4 Å². The minimum atomic E-state index is -0.353. The van der Waals surface area contributed by atoms with Crippen LogP contribution >= 0.6 is 0 Å². The summed E-state index contributed by atoms with van der Waals surface area (Å²) in [6.07, 6.45) is 4.65. The van der Waals surface area contributed by atoms with E-state index in [0.717, 1.165) is 37.3 Å². The molecule has 150 valence electrons. The Bertz CT molecular complexity index is 1070. The lowest BCUT2D eigenvalue weighted by atomic mass is 10.2. The van der Waals surface area contributed by atoms with Crippen molar-refractivity contribution in [1.29, 1.82) is 5.26 Å². The van der Waals surface area contributed by atoms with E-state index in [0.29, 0.717) is 17.1 Å². The molecule has 2 aromatic carbocycles. The van der Waals surface area contributed by atoms with Crippen molar-refractivity contribution in [2.45, 2.75) is 25.7 Å². The highest BCUT2D eigenvalue weighted by Gasteiger charge is 2.18. The smallest absolute Gasteiger partial charge is 0.274 e. The van der Waals surface area contributed by atoms with Gasteiger partial charge in [0.1, 0.15) is 17.6 Å². The SMILES string of the molecule is N#Cc1ccccc1NC(=O)c1cc(N2CCCCCC2)nc(-c2ccccc2)n1. The molecule has 0 unspecified atom stereocenters. The average molecular weight is 397 g/mol. The van der Waals surface area contributed by atoms with E-state index in [1.807, 2.05) is 30.3 Å². The fourth-order valence-corrected chi connectivity index (χ4v) is 3.60. The minimum absolute atomic E-state index is 0.288. The lowest BCUT2D eigenvalue weighted by Gasteiger charge is -2.22. The fourth-order valence-electron chi connectivity index (χ4n) is 3.60. The van der Waals surface area contributed by atoms with Crippen molar-refractivity contribution < 1.29 is 4.79 Å². The molecule has 1 aliphatic rings. The Kier molecular flexibility index (Phi) is 6.00. The van der Waals surface area contributed by atoms with Crippen LogP contribution in [-0.2, 0) is 0 Å². The molecule has 1 aromatic heterocycles. The summed E-state index contributed by atoms with van der Waals surface area (Å²) in [5.41, 5.74) is 2.04.